The van der Waals surface area contributed by atoms with Crippen molar-refractivity contribution in [1.29, 1.82) is 0 Å². The Kier molecular flexibility index (Phi) is 7.90. The van der Waals surface area contributed by atoms with E-state index in [0.29, 0.717) is 38.3 Å². The van der Waals surface area contributed by atoms with Gasteiger partial charge in [-0.2, -0.15) is 0 Å². The van der Waals surface area contributed by atoms with Crippen molar-refractivity contribution in [3.05, 3.63) is 71.5 Å². The molecule has 0 bridgehead atoms. The van der Waals surface area contributed by atoms with E-state index in [0.717, 1.165) is 10.7 Å². The zero-order valence-electron chi connectivity index (χ0n) is 16.8. The van der Waals surface area contributed by atoms with Crippen molar-refractivity contribution >= 4 is 66.5 Å². The van der Waals surface area contributed by atoms with Crippen LogP contribution in [0.5, 0.6) is 5.75 Å². The predicted molar refractivity (Wildman–Crippen MR) is 130 cm³/mol. The average molecular weight is 569 g/mol. The fourth-order valence-electron chi connectivity index (χ4n) is 2.91. The van der Waals surface area contributed by atoms with Crippen molar-refractivity contribution in [3.8, 4) is 5.75 Å². The number of amidine groups is 1. The SMILES string of the molecule is CCN=C1S/C(=C/c2cc(Br)c(OCc3cccc([N+](=O)[O-])c3)c(Br)c2)C(=O)N1CC. The number of benzene rings is 2. The molecule has 162 valence electrons. The van der Waals surface area contributed by atoms with Crippen LogP contribution in [-0.4, -0.2) is 34.0 Å². The number of rotatable bonds is 7. The minimum atomic E-state index is -0.434. The van der Waals surface area contributed by atoms with Crippen LogP contribution in [0.1, 0.15) is 25.0 Å². The molecule has 31 heavy (non-hydrogen) atoms. The number of non-ortho nitro benzene ring substituents is 1. The van der Waals surface area contributed by atoms with Crippen LogP contribution in [0.25, 0.3) is 6.08 Å². The summed E-state index contributed by atoms with van der Waals surface area (Å²) >= 11 is 8.40. The van der Waals surface area contributed by atoms with Gasteiger partial charge in [0.1, 0.15) is 12.4 Å². The van der Waals surface area contributed by atoms with Crippen molar-refractivity contribution in [3.63, 3.8) is 0 Å². The largest absolute Gasteiger partial charge is 0.487 e. The van der Waals surface area contributed by atoms with Gasteiger partial charge < -0.3 is 4.74 Å². The highest BCUT2D eigenvalue weighted by molar-refractivity contribution is 9.11. The molecule has 0 saturated carbocycles. The highest BCUT2D eigenvalue weighted by Crippen LogP contribution is 2.38. The summed E-state index contributed by atoms with van der Waals surface area (Å²) in [5.41, 5.74) is 1.53. The van der Waals surface area contributed by atoms with E-state index in [-0.39, 0.29) is 18.2 Å². The van der Waals surface area contributed by atoms with Gasteiger partial charge in [0.15, 0.2) is 5.17 Å². The molecule has 1 fully saturated rings. The first-order chi connectivity index (χ1) is 14.8. The first kappa shape index (κ1) is 23.5. The smallest absolute Gasteiger partial charge is 0.269 e. The van der Waals surface area contributed by atoms with Gasteiger partial charge in [-0.15, -0.1) is 0 Å². The lowest BCUT2D eigenvalue weighted by Crippen LogP contribution is -2.28. The topological polar surface area (TPSA) is 85.0 Å². The Labute approximate surface area is 201 Å². The first-order valence-electron chi connectivity index (χ1n) is 9.45. The number of amides is 1. The van der Waals surface area contributed by atoms with E-state index in [9.17, 15) is 14.9 Å². The second-order valence-corrected chi connectivity index (χ2v) is 9.16. The van der Waals surface area contributed by atoms with Gasteiger partial charge in [0.05, 0.1) is 18.8 Å². The van der Waals surface area contributed by atoms with E-state index >= 15 is 0 Å². The van der Waals surface area contributed by atoms with Crippen LogP contribution in [0.15, 0.2) is 55.2 Å². The van der Waals surface area contributed by atoms with Crippen LogP contribution < -0.4 is 4.74 Å². The number of hydrogen-bond donors (Lipinski definition) is 0. The molecule has 1 amide bonds. The molecule has 1 saturated heterocycles. The number of nitrogens with zero attached hydrogens (tertiary/aromatic N) is 3. The van der Waals surface area contributed by atoms with Gasteiger partial charge in [-0.05, 0) is 86.8 Å². The number of aliphatic imine (C=N–C) groups is 1. The van der Waals surface area contributed by atoms with Crippen LogP contribution in [0.4, 0.5) is 5.69 Å². The molecule has 7 nitrogen and oxygen atoms in total. The highest BCUT2D eigenvalue weighted by Gasteiger charge is 2.31. The lowest BCUT2D eigenvalue weighted by atomic mass is 10.2. The van der Waals surface area contributed by atoms with Crippen LogP contribution in [0.2, 0.25) is 0 Å². The normalized spacial score (nSPS) is 16.4. The Bertz CT molecular complexity index is 1070. The Hall–Kier alpha value is -2.17. The minimum absolute atomic E-state index is 0.0204. The molecule has 0 aromatic heterocycles. The summed E-state index contributed by atoms with van der Waals surface area (Å²) in [4.78, 5) is 29.8. The molecule has 1 aliphatic rings. The molecule has 0 spiro atoms. The summed E-state index contributed by atoms with van der Waals surface area (Å²) in [6.07, 6.45) is 1.83. The maximum atomic E-state index is 12.7. The summed E-state index contributed by atoms with van der Waals surface area (Å²) in [5.74, 6) is 0.514. The van der Waals surface area contributed by atoms with Crippen molar-refractivity contribution in [2.24, 2.45) is 4.99 Å². The van der Waals surface area contributed by atoms with Crippen LogP contribution in [-0.2, 0) is 11.4 Å². The van der Waals surface area contributed by atoms with Crippen molar-refractivity contribution < 1.29 is 14.5 Å². The quantitative estimate of drug-likeness (QED) is 0.232. The number of carbonyl (C=O) groups excluding carboxylic acids is 1. The number of hydrogen-bond acceptors (Lipinski definition) is 6. The lowest BCUT2D eigenvalue weighted by molar-refractivity contribution is -0.384. The molecule has 1 heterocycles. The number of nitro benzene ring substituents is 1. The number of nitro groups is 1. The van der Waals surface area contributed by atoms with E-state index in [1.54, 1.807) is 17.0 Å². The highest BCUT2D eigenvalue weighted by atomic mass is 79.9. The standard InChI is InChI=1S/C21H19Br2N3O4S/c1-3-24-21-25(4-2)20(27)18(31-21)11-14-9-16(22)19(17(23)10-14)30-12-13-6-5-7-15(8-13)26(28)29/h5-11H,3-4,12H2,1-2H3/b18-11+,24-21?. The molecule has 0 unspecified atom stereocenters. The molecule has 0 radical (unpaired) electrons. The molecule has 0 N–H and O–H groups in total. The number of likely N-dealkylation sites (N-methyl/N-ethyl adjacent to an activating group) is 1. The molecule has 10 heteroatoms. The summed E-state index contributed by atoms with van der Waals surface area (Å²) in [6.45, 7) is 5.23. The zero-order valence-corrected chi connectivity index (χ0v) is 20.8. The number of ether oxygens (including phenoxy) is 1. The van der Waals surface area contributed by atoms with E-state index in [1.807, 2.05) is 32.1 Å². The molecule has 2 aromatic rings. The fourth-order valence-corrected chi connectivity index (χ4v) is 5.46. The molecule has 3 rings (SSSR count). The van der Waals surface area contributed by atoms with Crippen LogP contribution in [0, 0.1) is 10.1 Å². The van der Waals surface area contributed by atoms with Gasteiger partial charge in [-0.1, -0.05) is 12.1 Å². The predicted octanol–water partition coefficient (Wildman–Crippen LogP) is 6.01. The third kappa shape index (κ3) is 5.55. The van der Waals surface area contributed by atoms with E-state index in [4.69, 9.17) is 4.74 Å². The number of carbonyl (C=O) groups is 1. The van der Waals surface area contributed by atoms with Crippen molar-refractivity contribution in [2.45, 2.75) is 20.5 Å². The number of thioether (sulfide) groups is 1. The van der Waals surface area contributed by atoms with E-state index in [1.165, 1.54) is 23.9 Å². The summed E-state index contributed by atoms with van der Waals surface area (Å²) < 4.78 is 7.28. The van der Waals surface area contributed by atoms with Gasteiger partial charge in [0, 0.05) is 25.2 Å². The number of halogens is 2. The lowest BCUT2D eigenvalue weighted by Gasteiger charge is -2.12. The zero-order chi connectivity index (χ0) is 22.5. The van der Waals surface area contributed by atoms with Crippen molar-refractivity contribution in [1.82, 2.24) is 4.90 Å². The second kappa shape index (κ2) is 10.4. The first-order valence-corrected chi connectivity index (χ1v) is 11.8. The minimum Gasteiger partial charge on any atom is -0.487 e. The van der Waals surface area contributed by atoms with Gasteiger partial charge in [0.2, 0.25) is 0 Å². The molecular weight excluding hydrogens is 550 g/mol. The molecule has 1 aliphatic heterocycles. The fraction of sp³-hybridized carbons (Fsp3) is 0.238. The summed E-state index contributed by atoms with van der Waals surface area (Å²) in [6, 6.07) is 10.0. The third-order valence-electron chi connectivity index (χ3n) is 4.32. The monoisotopic (exact) mass is 567 g/mol. The van der Waals surface area contributed by atoms with Crippen LogP contribution >= 0.6 is 43.6 Å². The third-order valence-corrected chi connectivity index (χ3v) is 6.54. The Balaban J connectivity index is 1.80. The average Bonchev–Trinajstić information content (AvgIpc) is 3.02. The molecular formula is C21H19Br2N3O4S. The van der Waals surface area contributed by atoms with Crippen LogP contribution in [0.3, 0.4) is 0 Å². The molecule has 2 aromatic carbocycles. The maximum Gasteiger partial charge on any atom is 0.269 e. The summed E-state index contributed by atoms with van der Waals surface area (Å²) in [5, 5.41) is 11.7. The van der Waals surface area contributed by atoms with Gasteiger partial charge >= 0.3 is 0 Å². The van der Waals surface area contributed by atoms with Gasteiger partial charge in [-0.25, -0.2) is 0 Å². The van der Waals surface area contributed by atoms with Crippen molar-refractivity contribution in [2.75, 3.05) is 13.1 Å². The van der Waals surface area contributed by atoms with E-state index < -0.39 is 4.92 Å². The Morgan fingerprint density at radius 1 is 1.23 bits per heavy atom. The maximum absolute atomic E-state index is 12.7. The van der Waals surface area contributed by atoms with E-state index in [2.05, 4.69) is 36.9 Å². The molecule has 0 aliphatic carbocycles. The van der Waals surface area contributed by atoms with Gasteiger partial charge in [-0.3, -0.25) is 24.8 Å². The second-order valence-electron chi connectivity index (χ2n) is 6.45. The molecule has 0 atom stereocenters. The van der Waals surface area contributed by atoms with Gasteiger partial charge in [0.25, 0.3) is 11.6 Å². The summed E-state index contributed by atoms with van der Waals surface area (Å²) in [7, 11) is 0. The Morgan fingerprint density at radius 3 is 2.55 bits per heavy atom. The Morgan fingerprint density at radius 2 is 1.94 bits per heavy atom.